The number of benzene rings is 2. The highest BCUT2D eigenvalue weighted by molar-refractivity contribution is 5.98. The summed E-state index contributed by atoms with van der Waals surface area (Å²) in [6.45, 7) is 2.15. The van der Waals surface area contributed by atoms with Crippen LogP contribution in [0.15, 0.2) is 54.6 Å². The predicted octanol–water partition coefficient (Wildman–Crippen LogP) is 3.75. The molecule has 2 aromatic heterocycles. The van der Waals surface area contributed by atoms with Crippen molar-refractivity contribution in [2.24, 2.45) is 0 Å². The number of hydrogen-bond donors (Lipinski definition) is 2. The normalized spacial score (nSPS) is 11.4. The number of H-pyrrole nitrogens is 1. The van der Waals surface area contributed by atoms with Crippen LogP contribution in [-0.4, -0.2) is 64.9 Å². The first kappa shape index (κ1) is 20.8. The molecule has 7 heteroatoms. The number of aromatic nitrogens is 3. The number of rotatable bonds is 8. The molecule has 0 radical (unpaired) electrons. The average molecular weight is 417 g/mol. The van der Waals surface area contributed by atoms with Crippen molar-refractivity contribution in [2.45, 2.75) is 13.0 Å². The van der Waals surface area contributed by atoms with Crippen LogP contribution in [0, 0.1) is 0 Å². The second-order valence-corrected chi connectivity index (χ2v) is 8.02. The van der Waals surface area contributed by atoms with Crippen molar-refractivity contribution in [3.63, 3.8) is 0 Å². The minimum atomic E-state index is -0.0894. The molecule has 7 nitrogen and oxygen atoms in total. The first-order valence-electron chi connectivity index (χ1n) is 10.5. The molecule has 31 heavy (non-hydrogen) atoms. The number of carbonyl (C=O) groups is 1. The molecule has 0 saturated heterocycles. The lowest BCUT2D eigenvalue weighted by atomic mass is 10.2. The highest BCUT2D eigenvalue weighted by Crippen LogP contribution is 2.21. The number of amides is 1. The predicted molar refractivity (Wildman–Crippen MR) is 125 cm³/mol. The zero-order chi connectivity index (χ0) is 21.8. The van der Waals surface area contributed by atoms with Crippen LogP contribution < -0.4 is 5.32 Å². The summed E-state index contributed by atoms with van der Waals surface area (Å²) < 4.78 is 0. The maximum atomic E-state index is 13.0. The lowest BCUT2D eigenvalue weighted by molar-refractivity contribution is 0.0777. The van der Waals surface area contributed by atoms with E-state index in [1.165, 1.54) is 0 Å². The number of nitrogens with zero attached hydrogens (tertiary/aromatic N) is 4. The van der Waals surface area contributed by atoms with Crippen LogP contribution in [0.1, 0.15) is 22.7 Å². The SMILES string of the molecule is CN(C)CCCNc1nc(CN(C)C(=O)c2cc3ccccc3[nH]2)nc2ccccc12. The molecule has 0 aliphatic carbocycles. The van der Waals surface area contributed by atoms with E-state index in [1.807, 2.05) is 54.6 Å². The first-order chi connectivity index (χ1) is 15.0. The molecule has 0 atom stereocenters. The molecular formula is C24H28N6O. The van der Waals surface area contributed by atoms with Crippen molar-refractivity contribution < 1.29 is 4.79 Å². The summed E-state index contributed by atoms with van der Waals surface area (Å²) in [7, 11) is 5.91. The Kier molecular flexibility index (Phi) is 6.13. The van der Waals surface area contributed by atoms with Crippen LogP contribution >= 0.6 is 0 Å². The van der Waals surface area contributed by atoms with E-state index in [1.54, 1.807) is 11.9 Å². The van der Waals surface area contributed by atoms with Gasteiger partial charge in [0.15, 0.2) is 5.82 Å². The number of nitrogens with one attached hydrogen (secondary N) is 2. The van der Waals surface area contributed by atoms with Crippen molar-refractivity contribution in [1.82, 2.24) is 24.8 Å². The van der Waals surface area contributed by atoms with Crippen LogP contribution in [0.3, 0.4) is 0 Å². The van der Waals surface area contributed by atoms with Gasteiger partial charge in [-0.1, -0.05) is 30.3 Å². The molecule has 0 fully saturated rings. The van der Waals surface area contributed by atoms with Crippen molar-refractivity contribution in [1.29, 1.82) is 0 Å². The zero-order valence-corrected chi connectivity index (χ0v) is 18.2. The van der Waals surface area contributed by atoms with E-state index < -0.39 is 0 Å². The van der Waals surface area contributed by atoms with Crippen molar-refractivity contribution in [2.75, 3.05) is 39.5 Å². The summed E-state index contributed by atoms with van der Waals surface area (Å²) in [4.78, 5) is 29.4. The highest BCUT2D eigenvalue weighted by Gasteiger charge is 2.17. The van der Waals surface area contributed by atoms with Crippen LogP contribution in [0.25, 0.3) is 21.8 Å². The molecule has 0 bridgehead atoms. The number of anilines is 1. The summed E-state index contributed by atoms with van der Waals surface area (Å²) in [5, 5.41) is 5.45. The number of hydrogen-bond acceptors (Lipinski definition) is 5. The Morgan fingerprint density at radius 2 is 1.81 bits per heavy atom. The van der Waals surface area contributed by atoms with Gasteiger partial charge in [0.2, 0.25) is 0 Å². The van der Waals surface area contributed by atoms with Gasteiger partial charge in [0.1, 0.15) is 11.5 Å². The lowest BCUT2D eigenvalue weighted by Gasteiger charge is -2.17. The summed E-state index contributed by atoms with van der Waals surface area (Å²) >= 11 is 0. The van der Waals surface area contributed by atoms with Gasteiger partial charge >= 0.3 is 0 Å². The Bertz CT molecular complexity index is 1170. The van der Waals surface area contributed by atoms with E-state index in [0.29, 0.717) is 18.1 Å². The zero-order valence-electron chi connectivity index (χ0n) is 18.2. The largest absolute Gasteiger partial charge is 0.369 e. The standard InChI is InChI=1S/C24H28N6O/c1-29(2)14-8-13-25-23-18-10-5-7-12-20(18)27-22(28-23)16-30(3)24(31)21-15-17-9-4-6-11-19(17)26-21/h4-7,9-12,15,26H,8,13-14,16H2,1-3H3,(H,25,27,28). The quantitative estimate of drug-likeness (QED) is 0.428. The highest BCUT2D eigenvalue weighted by atomic mass is 16.2. The monoisotopic (exact) mass is 416 g/mol. The Hall–Kier alpha value is -3.45. The fraction of sp³-hybridized carbons (Fsp3) is 0.292. The Labute approximate surface area is 182 Å². The smallest absolute Gasteiger partial charge is 0.270 e. The Morgan fingerprint density at radius 1 is 1.03 bits per heavy atom. The third-order valence-electron chi connectivity index (χ3n) is 5.21. The van der Waals surface area contributed by atoms with Gasteiger partial charge in [-0.15, -0.1) is 0 Å². The molecule has 160 valence electrons. The second-order valence-electron chi connectivity index (χ2n) is 8.02. The van der Waals surface area contributed by atoms with Crippen molar-refractivity contribution in [3.8, 4) is 0 Å². The Balaban J connectivity index is 1.53. The number of aromatic amines is 1. The van der Waals surface area contributed by atoms with Crippen LogP contribution in [0.4, 0.5) is 5.82 Å². The lowest BCUT2D eigenvalue weighted by Crippen LogP contribution is -2.27. The number of fused-ring (bicyclic) bond motifs is 2. The van der Waals surface area contributed by atoms with Crippen molar-refractivity contribution in [3.05, 3.63) is 66.1 Å². The molecule has 0 unspecified atom stereocenters. The molecule has 1 amide bonds. The Morgan fingerprint density at radius 3 is 2.61 bits per heavy atom. The van der Waals surface area contributed by atoms with Gasteiger partial charge in [-0.25, -0.2) is 9.97 Å². The molecule has 4 aromatic rings. The molecular weight excluding hydrogens is 388 g/mol. The molecule has 2 aromatic carbocycles. The van der Waals surface area contributed by atoms with Gasteiger partial charge < -0.3 is 20.1 Å². The summed E-state index contributed by atoms with van der Waals surface area (Å²) in [6.07, 6.45) is 1.01. The summed E-state index contributed by atoms with van der Waals surface area (Å²) in [5.74, 6) is 1.33. The molecule has 0 aliphatic heterocycles. The van der Waals surface area contributed by atoms with Gasteiger partial charge in [-0.2, -0.15) is 0 Å². The molecule has 4 rings (SSSR count). The average Bonchev–Trinajstić information content (AvgIpc) is 3.20. The van der Waals surface area contributed by atoms with Crippen molar-refractivity contribution >= 4 is 33.5 Å². The second kappa shape index (κ2) is 9.14. The molecule has 2 N–H and O–H groups in total. The van der Waals surface area contributed by atoms with E-state index in [-0.39, 0.29) is 5.91 Å². The van der Waals surface area contributed by atoms with E-state index >= 15 is 0 Å². The third-order valence-corrected chi connectivity index (χ3v) is 5.21. The maximum absolute atomic E-state index is 13.0. The van der Waals surface area contributed by atoms with E-state index in [2.05, 4.69) is 34.3 Å². The van der Waals surface area contributed by atoms with E-state index in [4.69, 9.17) is 4.98 Å². The minimum Gasteiger partial charge on any atom is -0.369 e. The molecule has 2 heterocycles. The molecule has 0 saturated carbocycles. The van der Waals surface area contributed by atoms with Gasteiger partial charge in [0, 0.05) is 29.9 Å². The van der Waals surface area contributed by atoms with E-state index in [0.717, 1.165) is 47.1 Å². The van der Waals surface area contributed by atoms with Crippen LogP contribution in [0.5, 0.6) is 0 Å². The molecule has 0 spiro atoms. The maximum Gasteiger partial charge on any atom is 0.270 e. The number of carbonyl (C=O) groups excluding carboxylic acids is 1. The van der Waals surface area contributed by atoms with E-state index in [9.17, 15) is 4.79 Å². The van der Waals surface area contributed by atoms with Crippen LogP contribution in [0.2, 0.25) is 0 Å². The fourth-order valence-electron chi connectivity index (χ4n) is 3.61. The third kappa shape index (κ3) is 4.83. The summed E-state index contributed by atoms with van der Waals surface area (Å²) in [6, 6.07) is 17.7. The first-order valence-corrected chi connectivity index (χ1v) is 10.5. The topological polar surface area (TPSA) is 77.1 Å². The summed E-state index contributed by atoms with van der Waals surface area (Å²) in [5.41, 5.74) is 2.38. The van der Waals surface area contributed by atoms with Gasteiger partial charge in [0.25, 0.3) is 5.91 Å². The van der Waals surface area contributed by atoms with Gasteiger partial charge in [-0.05, 0) is 51.3 Å². The minimum absolute atomic E-state index is 0.0894. The molecule has 0 aliphatic rings. The fourth-order valence-corrected chi connectivity index (χ4v) is 3.61. The number of para-hydroxylation sites is 2. The van der Waals surface area contributed by atoms with Gasteiger partial charge in [0.05, 0.1) is 12.1 Å². The van der Waals surface area contributed by atoms with Crippen LogP contribution in [-0.2, 0) is 6.54 Å². The van der Waals surface area contributed by atoms with Gasteiger partial charge in [-0.3, -0.25) is 4.79 Å².